The summed E-state index contributed by atoms with van der Waals surface area (Å²) < 4.78 is 3.31. The number of aryl methyl sites for hydroxylation is 1. The molecule has 2 bridgehead atoms. The predicted molar refractivity (Wildman–Crippen MR) is 99.1 cm³/mol. The zero-order chi connectivity index (χ0) is 19.4. The van der Waals surface area contributed by atoms with E-state index >= 15 is 0 Å². The molecule has 0 aromatic carbocycles. The van der Waals surface area contributed by atoms with Gasteiger partial charge in [-0.2, -0.15) is 0 Å². The minimum atomic E-state index is -0.324. The molecule has 0 unspecified atom stereocenters. The molecule has 1 amide bonds. The van der Waals surface area contributed by atoms with Gasteiger partial charge in [0.15, 0.2) is 0 Å². The van der Waals surface area contributed by atoms with E-state index in [2.05, 4.69) is 15.2 Å². The number of amides is 1. The Morgan fingerprint density at radius 2 is 2.11 bits per heavy atom. The van der Waals surface area contributed by atoms with Crippen LogP contribution in [0.1, 0.15) is 40.4 Å². The van der Waals surface area contributed by atoms with E-state index in [9.17, 15) is 14.7 Å². The first-order valence-corrected chi connectivity index (χ1v) is 9.37. The van der Waals surface area contributed by atoms with Gasteiger partial charge in [0.05, 0.1) is 12.6 Å². The lowest BCUT2D eigenvalue weighted by atomic mass is 9.78. The third-order valence-corrected chi connectivity index (χ3v) is 5.88. The third-order valence-electron chi connectivity index (χ3n) is 5.88. The average Bonchev–Trinajstić information content (AvgIpc) is 3.11. The second-order valence-electron chi connectivity index (χ2n) is 7.57. The van der Waals surface area contributed by atoms with Crippen molar-refractivity contribution >= 4 is 11.7 Å². The second-order valence-corrected chi connectivity index (χ2v) is 7.57. The molecule has 1 fully saturated rings. The van der Waals surface area contributed by atoms with Crippen LogP contribution in [0.15, 0.2) is 35.3 Å². The first kappa shape index (κ1) is 17.1. The maximum Gasteiger partial charge on any atom is 0.292 e. The summed E-state index contributed by atoms with van der Waals surface area (Å²) in [6.07, 6.45) is 2.60. The monoisotopic (exact) mass is 380 g/mol. The summed E-state index contributed by atoms with van der Waals surface area (Å²) in [6.45, 7) is 2.70. The highest BCUT2D eigenvalue weighted by Gasteiger charge is 2.42. The van der Waals surface area contributed by atoms with Crippen molar-refractivity contribution in [2.24, 2.45) is 5.92 Å². The molecule has 1 N–H and O–H groups in total. The van der Waals surface area contributed by atoms with Gasteiger partial charge in [-0.05, 0) is 25.5 Å². The minimum Gasteiger partial charge on any atom is -0.394 e. The standard InChI is InChI=1S/C19H20N6O3/c1-11-5-6-24-17(21-22-19(24)20-11)18(28)23-8-12-7-13(9-23)15(10-26)25-14(12)3-2-4-16(25)27/h2-6,12-13,15,26H,7-10H2,1H3/t12-,13+,15+/m1/s1. The summed E-state index contributed by atoms with van der Waals surface area (Å²) in [6, 6.07) is 6.66. The van der Waals surface area contributed by atoms with E-state index in [1.807, 2.05) is 19.1 Å². The predicted octanol–water partition coefficient (Wildman–Crippen LogP) is 0.387. The Balaban J connectivity index is 1.52. The Morgan fingerprint density at radius 1 is 1.25 bits per heavy atom. The smallest absolute Gasteiger partial charge is 0.292 e. The van der Waals surface area contributed by atoms with Crippen molar-refractivity contribution in [3.05, 3.63) is 58.0 Å². The van der Waals surface area contributed by atoms with Crippen LogP contribution in [0.5, 0.6) is 0 Å². The Labute approximate surface area is 160 Å². The highest BCUT2D eigenvalue weighted by atomic mass is 16.3. The van der Waals surface area contributed by atoms with Crippen molar-refractivity contribution in [3.8, 4) is 0 Å². The van der Waals surface area contributed by atoms with Crippen LogP contribution in [0, 0.1) is 12.8 Å². The van der Waals surface area contributed by atoms with Crippen LogP contribution < -0.4 is 5.56 Å². The highest BCUT2D eigenvalue weighted by Crippen LogP contribution is 2.41. The molecule has 28 heavy (non-hydrogen) atoms. The normalized spacial score (nSPS) is 23.6. The van der Waals surface area contributed by atoms with Crippen molar-refractivity contribution in [2.45, 2.75) is 25.3 Å². The van der Waals surface area contributed by atoms with Crippen LogP contribution in [-0.2, 0) is 0 Å². The van der Waals surface area contributed by atoms with E-state index in [1.54, 1.807) is 26.1 Å². The second kappa shape index (κ2) is 6.23. The number of fused-ring (bicyclic) bond motifs is 5. The van der Waals surface area contributed by atoms with Crippen LogP contribution in [0.4, 0.5) is 0 Å². The van der Waals surface area contributed by atoms with Gasteiger partial charge in [0.25, 0.3) is 17.2 Å². The summed E-state index contributed by atoms with van der Waals surface area (Å²) in [4.78, 5) is 31.6. The van der Waals surface area contributed by atoms with Gasteiger partial charge in [-0.25, -0.2) is 4.98 Å². The van der Waals surface area contributed by atoms with E-state index < -0.39 is 0 Å². The van der Waals surface area contributed by atoms with Crippen molar-refractivity contribution in [2.75, 3.05) is 19.7 Å². The molecule has 3 aromatic heterocycles. The highest BCUT2D eigenvalue weighted by molar-refractivity contribution is 5.91. The average molecular weight is 380 g/mol. The first-order chi connectivity index (χ1) is 13.6. The van der Waals surface area contributed by atoms with Gasteiger partial charge in [0.2, 0.25) is 5.82 Å². The van der Waals surface area contributed by atoms with E-state index in [-0.39, 0.29) is 41.8 Å². The SMILES string of the molecule is Cc1ccn2c(C(=O)N3C[C@H]4C[C@@H](C3)[C@H](CO)n3c4cccc3=O)nnc2n1. The number of hydrogen-bond donors (Lipinski definition) is 1. The summed E-state index contributed by atoms with van der Waals surface area (Å²) >= 11 is 0. The number of carbonyl (C=O) groups excluding carboxylic acids is 1. The van der Waals surface area contributed by atoms with Gasteiger partial charge in [0.1, 0.15) is 0 Å². The van der Waals surface area contributed by atoms with Crippen molar-refractivity contribution < 1.29 is 9.90 Å². The lowest BCUT2D eigenvalue weighted by molar-refractivity contribution is 0.0427. The molecular weight excluding hydrogens is 360 g/mol. The molecule has 0 saturated carbocycles. The molecule has 3 atom stereocenters. The minimum absolute atomic E-state index is 0.0138. The van der Waals surface area contributed by atoms with Gasteiger partial charge in [0, 0.05) is 48.6 Å². The molecular formula is C19H20N6O3. The lowest BCUT2D eigenvalue weighted by Crippen LogP contribution is -2.52. The summed E-state index contributed by atoms with van der Waals surface area (Å²) in [5.41, 5.74) is 1.58. The third kappa shape index (κ3) is 2.46. The maximum absolute atomic E-state index is 13.2. The number of piperidine rings is 1. The van der Waals surface area contributed by atoms with Gasteiger partial charge >= 0.3 is 0 Å². The Morgan fingerprint density at radius 3 is 2.93 bits per heavy atom. The van der Waals surface area contributed by atoms with Crippen LogP contribution in [-0.4, -0.2) is 59.8 Å². The van der Waals surface area contributed by atoms with E-state index in [1.165, 1.54) is 6.07 Å². The summed E-state index contributed by atoms with van der Waals surface area (Å²) in [7, 11) is 0. The quantitative estimate of drug-likeness (QED) is 0.689. The number of likely N-dealkylation sites (tertiary alicyclic amines) is 1. The summed E-state index contributed by atoms with van der Waals surface area (Å²) in [5, 5.41) is 18.0. The molecule has 3 aromatic rings. The number of hydrogen-bond acceptors (Lipinski definition) is 6. The first-order valence-electron chi connectivity index (χ1n) is 9.37. The molecule has 5 heterocycles. The van der Waals surface area contributed by atoms with E-state index in [0.717, 1.165) is 17.8 Å². The molecule has 5 rings (SSSR count). The molecule has 144 valence electrons. The van der Waals surface area contributed by atoms with Crippen molar-refractivity contribution in [1.82, 2.24) is 29.0 Å². The topological polar surface area (TPSA) is 106 Å². The van der Waals surface area contributed by atoms with Gasteiger partial charge < -0.3 is 14.6 Å². The number of rotatable bonds is 2. The number of nitrogens with zero attached hydrogens (tertiary/aromatic N) is 6. The lowest BCUT2D eigenvalue weighted by Gasteiger charge is -2.46. The fourth-order valence-corrected chi connectivity index (χ4v) is 4.60. The van der Waals surface area contributed by atoms with Gasteiger partial charge in [-0.3, -0.25) is 14.0 Å². The fourth-order valence-electron chi connectivity index (χ4n) is 4.60. The zero-order valence-electron chi connectivity index (χ0n) is 15.4. The molecule has 0 spiro atoms. The van der Waals surface area contributed by atoms with Crippen LogP contribution in [0.25, 0.3) is 5.78 Å². The van der Waals surface area contributed by atoms with E-state index in [4.69, 9.17) is 0 Å². The molecule has 0 aliphatic carbocycles. The number of aliphatic hydroxyl groups excluding tert-OH is 1. The van der Waals surface area contributed by atoms with Crippen LogP contribution in [0.3, 0.4) is 0 Å². The number of aromatic nitrogens is 5. The van der Waals surface area contributed by atoms with Crippen molar-refractivity contribution in [1.29, 1.82) is 0 Å². The van der Waals surface area contributed by atoms with Crippen LogP contribution in [0.2, 0.25) is 0 Å². The number of aliphatic hydroxyl groups is 1. The fraction of sp³-hybridized carbons (Fsp3) is 0.421. The molecule has 2 aliphatic heterocycles. The molecule has 9 nitrogen and oxygen atoms in total. The van der Waals surface area contributed by atoms with Crippen LogP contribution >= 0.6 is 0 Å². The van der Waals surface area contributed by atoms with Gasteiger partial charge in [-0.1, -0.05) is 6.07 Å². The molecule has 0 radical (unpaired) electrons. The molecule has 2 aliphatic rings. The molecule has 1 saturated heterocycles. The summed E-state index contributed by atoms with van der Waals surface area (Å²) in [5.74, 6) is 0.481. The van der Waals surface area contributed by atoms with Crippen molar-refractivity contribution in [3.63, 3.8) is 0 Å². The molecule has 9 heteroatoms. The number of pyridine rings is 1. The number of carbonyl (C=O) groups is 1. The maximum atomic E-state index is 13.2. The zero-order valence-corrected chi connectivity index (χ0v) is 15.4. The van der Waals surface area contributed by atoms with Gasteiger partial charge in [-0.15, -0.1) is 10.2 Å². The van der Waals surface area contributed by atoms with E-state index in [0.29, 0.717) is 18.9 Å². The Kier molecular flexibility index (Phi) is 3.80. The Hall–Kier alpha value is -3.07. The largest absolute Gasteiger partial charge is 0.394 e. The Bertz CT molecular complexity index is 1140.